The van der Waals surface area contributed by atoms with Gasteiger partial charge in [0.1, 0.15) is 0 Å². The number of aromatic nitrogens is 2. The fraction of sp³-hybridized carbons (Fsp3) is 0.545. The van der Waals surface area contributed by atoms with Crippen LogP contribution in [-0.4, -0.2) is 70.9 Å². The Bertz CT molecular complexity index is 926. The van der Waals surface area contributed by atoms with E-state index in [-0.39, 0.29) is 17.2 Å². The quantitative estimate of drug-likeness (QED) is 0.756. The Morgan fingerprint density at radius 2 is 1.87 bits per heavy atom. The zero-order chi connectivity index (χ0) is 20.8. The van der Waals surface area contributed by atoms with E-state index in [1.807, 2.05) is 33.4 Å². The number of carbonyl (C=O) groups is 2. The molecule has 0 N–H and O–H groups in total. The second-order valence-electron chi connectivity index (χ2n) is 8.67. The van der Waals surface area contributed by atoms with Crippen molar-refractivity contribution in [2.75, 3.05) is 44.2 Å². The molecule has 2 amide bonds. The van der Waals surface area contributed by atoms with Crippen LogP contribution in [0.5, 0.6) is 0 Å². The molecule has 7 nitrogen and oxygen atoms in total. The molecule has 30 heavy (non-hydrogen) atoms. The number of fused-ring (bicyclic) bond motifs is 1. The lowest BCUT2D eigenvalue weighted by molar-refractivity contribution is -0.141. The second-order valence-corrected chi connectivity index (χ2v) is 9.62. The minimum Gasteiger partial charge on any atom is -0.342 e. The summed E-state index contributed by atoms with van der Waals surface area (Å²) in [5.41, 5.74) is -0.542. The summed E-state index contributed by atoms with van der Waals surface area (Å²) in [6, 6.07) is 5.63. The van der Waals surface area contributed by atoms with Gasteiger partial charge >= 0.3 is 0 Å². The number of rotatable bonds is 3. The maximum absolute atomic E-state index is 13.6. The van der Waals surface area contributed by atoms with Gasteiger partial charge in [0.25, 0.3) is 5.91 Å². The zero-order valence-corrected chi connectivity index (χ0v) is 18.1. The van der Waals surface area contributed by atoms with Gasteiger partial charge in [-0.3, -0.25) is 9.59 Å². The van der Waals surface area contributed by atoms with E-state index in [1.54, 1.807) is 12.4 Å². The monoisotopic (exact) mass is 425 g/mol. The molecule has 3 aliphatic rings. The summed E-state index contributed by atoms with van der Waals surface area (Å²) in [6.07, 6.45) is 6.09. The minimum atomic E-state index is -0.402. The van der Waals surface area contributed by atoms with Gasteiger partial charge in [0.15, 0.2) is 0 Å². The molecule has 0 aliphatic carbocycles. The molecule has 158 valence electrons. The molecule has 0 radical (unpaired) electrons. The summed E-state index contributed by atoms with van der Waals surface area (Å²) in [7, 11) is 0. The van der Waals surface area contributed by atoms with Crippen molar-refractivity contribution in [2.24, 2.45) is 10.8 Å². The highest BCUT2D eigenvalue weighted by atomic mass is 32.1. The standard InChI is InChI=1S/C22H27N5O2S/c1-2-25-13-8-22(19(25)29)16-27(20-23-9-4-10-24-20)15-21(22)6-11-26(12-7-21)18(28)17-5-3-14-30-17/h3-5,9-10,14H,2,6-8,11-13,15-16H2,1H3. The second kappa shape index (κ2) is 7.34. The van der Waals surface area contributed by atoms with Gasteiger partial charge in [0, 0.05) is 57.1 Å². The third-order valence-electron chi connectivity index (χ3n) is 7.43. The van der Waals surface area contributed by atoms with Gasteiger partial charge < -0.3 is 14.7 Å². The average molecular weight is 426 g/mol. The average Bonchev–Trinajstić information content (AvgIpc) is 3.50. The van der Waals surface area contributed by atoms with E-state index < -0.39 is 5.41 Å². The summed E-state index contributed by atoms with van der Waals surface area (Å²) in [6.45, 7) is 6.47. The minimum absolute atomic E-state index is 0.114. The van der Waals surface area contributed by atoms with Crippen LogP contribution in [0.3, 0.4) is 0 Å². The normalized spacial score (nSPS) is 25.6. The van der Waals surface area contributed by atoms with E-state index >= 15 is 0 Å². The molecule has 3 saturated heterocycles. The van der Waals surface area contributed by atoms with Crippen LogP contribution in [0.15, 0.2) is 36.0 Å². The molecule has 1 atom stereocenters. The number of nitrogens with zero attached hydrogens (tertiary/aromatic N) is 5. The molecule has 8 heteroatoms. The lowest BCUT2D eigenvalue weighted by Crippen LogP contribution is -2.53. The maximum atomic E-state index is 13.6. The Morgan fingerprint density at radius 3 is 2.50 bits per heavy atom. The predicted octanol–water partition coefficient (Wildman–Crippen LogP) is 2.52. The summed E-state index contributed by atoms with van der Waals surface area (Å²) in [5, 5.41) is 1.94. The third-order valence-corrected chi connectivity index (χ3v) is 8.29. The maximum Gasteiger partial charge on any atom is 0.263 e. The Hall–Kier alpha value is -2.48. The first-order chi connectivity index (χ1) is 14.6. The van der Waals surface area contributed by atoms with Crippen molar-refractivity contribution in [2.45, 2.75) is 26.2 Å². The van der Waals surface area contributed by atoms with Crippen molar-refractivity contribution in [1.82, 2.24) is 19.8 Å². The topological polar surface area (TPSA) is 69.6 Å². The van der Waals surface area contributed by atoms with Crippen molar-refractivity contribution in [3.63, 3.8) is 0 Å². The highest BCUT2D eigenvalue weighted by Crippen LogP contribution is 2.58. The van der Waals surface area contributed by atoms with Crippen molar-refractivity contribution >= 4 is 29.1 Å². The molecule has 5 rings (SSSR count). The predicted molar refractivity (Wildman–Crippen MR) is 115 cm³/mol. The number of anilines is 1. The van der Waals surface area contributed by atoms with Crippen LogP contribution in [0.2, 0.25) is 0 Å². The van der Waals surface area contributed by atoms with Gasteiger partial charge in [0.2, 0.25) is 11.9 Å². The number of hydrogen-bond acceptors (Lipinski definition) is 6. The number of amides is 2. The van der Waals surface area contributed by atoms with Crippen LogP contribution in [-0.2, 0) is 4.79 Å². The van der Waals surface area contributed by atoms with Gasteiger partial charge in [-0.05, 0) is 43.7 Å². The first-order valence-corrected chi connectivity index (χ1v) is 11.6. The van der Waals surface area contributed by atoms with Gasteiger partial charge in [-0.1, -0.05) is 6.07 Å². The molecular formula is C22H27N5O2S. The molecule has 2 aromatic heterocycles. The first-order valence-electron chi connectivity index (χ1n) is 10.7. The number of likely N-dealkylation sites (tertiary alicyclic amines) is 2. The Kier molecular flexibility index (Phi) is 4.76. The molecule has 0 saturated carbocycles. The van der Waals surface area contributed by atoms with Crippen LogP contribution < -0.4 is 4.90 Å². The van der Waals surface area contributed by atoms with E-state index in [1.165, 1.54) is 11.3 Å². The van der Waals surface area contributed by atoms with E-state index in [0.29, 0.717) is 25.6 Å². The summed E-state index contributed by atoms with van der Waals surface area (Å²) < 4.78 is 0. The van der Waals surface area contributed by atoms with Crippen LogP contribution in [0.1, 0.15) is 35.9 Å². The molecular weight excluding hydrogens is 398 g/mol. The van der Waals surface area contributed by atoms with E-state index in [4.69, 9.17) is 0 Å². The summed E-state index contributed by atoms with van der Waals surface area (Å²) in [4.78, 5) is 42.3. The fourth-order valence-electron chi connectivity index (χ4n) is 5.77. The number of piperidine rings is 1. The molecule has 5 heterocycles. The van der Waals surface area contributed by atoms with E-state index in [9.17, 15) is 9.59 Å². The van der Waals surface area contributed by atoms with Crippen molar-refractivity contribution in [1.29, 1.82) is 0 Å². The SMILES string of the molecule is CCN1CCC2(CN(c3ncccn3)CC23CCN(C(=O)c2cccs2)CC3)C1=O. The highest BCUT2D eigenvalue weighted by molar-refractivity contribution is 7.12. The summed E-state index contributed by atoms with van der Waals surface area (Å²) >= 11 is 1.49. The number of carbonyl (C=O) groups excluding carboxylic acids is 2. The van der Waals surface area contributed by atoms with Crippen molar-refractivity contribution in [3.05, 3.63) is 40.8 Å². The molecule has 2 spiro atoms. The Labute approximate surface area is 180 Å². The number of hydrogen-bond donors (Lipinski definition) is 0. The molecule has 0 bridgehead atoms. The third kappa shape index (κ3) is 2.84. The van der Waals surface area contributed by atoms with Crippen molar-refractivity contribution in [3.8, 4) is 0 Å². The van der Waals surface area contributed by atoms with Crippen LogP contribution >= 0.6 is 11.3 Å². The van der Waals surface area contributed by atoms with E-state index in [0.717, 1.165) is 43.8 Å². The van der Waals surface area contributed by atoms with Crippen molar-refractivity contribution < 1.29 is 9.59 Å². The Balaban J connectivity index is 1.43. The molecule has 3 aliphatic heterocycles. The smallest absolute Gasteiger partial charge is 0.263 e. The fourth-order valence-corrected chi connectivity index (χ4v) is 6.46. The summed E-state index contributed by atoms with van der Waals surface area (Å²) in [5.74, 6) is 1.10. The van der Waals surface area contributed by atoms with Gasteiger partial charge in [0.05, 0.1) is 10.3 Å². The Morgan fingerprint density at radius 1 is 1.10 bits per heavy atom. The molecule has 1 unspecified atom stereocenters. The lowest BCUT2D eigenvalue weighted by Gasteiger charge is -2.46. The zero-order valence-electron chi connectivity index (χ0n) is 17.3. The first kappa shape index (κ1) is 19.5. The van der Waals surface area contributed by atoms with Crippen LogP contribution in [0.25, 0.3) is 0 Å². The van der Waals surface area contributed by atoms with Crippen LogP contribution in [0, 0.1) is 10.8 Å². The molecule has 3 fully saturated rings. The molecule has 0 aromatic carbocycles. The van der Waals surface area contributed by atoms with E-state index in [2.05, 4.69) is 21.8 Å². The number of thiophene rings is 1. The van der Waals surface area contributed by atoms with Gasteiger partial charge in [-0.2, -0.15) is 0 Å². The van der Waals surface area contributed by atoms with Gasteiger partial charge in [-0.15, -0.1) is 11.3 Å². The van der Waals surface area contributed by atoms with Crippen LogP contribution in [0.4, 0.5) is 5.95 Å². The lowest BCUT2D eigenvalue weighted by atomic mass is 9.60. The van der Waals surface area contributed by atoms with Gasteiger partial charge in [-0.25, -0.2) is 9.97 Å². The highest BCUT2D eigenvalue weighted by Gasteiger charge is 2.65. The largest absolute Gasteiger partial charge is 0.342 e. The molecule has 2 aromatic rings.